The van der Waals surface area contributed by atoms with Crippen LogP contribution in [0.1, 0.15) is 58.3 Å². The Morgan fingerprint density at radius 2 is 2.21 bits per heavy atom. The van der Waals surface area contributed by atoms with Gasteiger partial charge in [0, 0.05) is 13.0 Å². The quantitative estimate of drug-likeness (QED) is 0.268. The maximum atomic E-state index is 11.2. The lowest BCUT2D eigenvalue weighted by Crippen LogP contribution is -2.22. The minimum Gasteiger partial charge on any atom is -0.499 e. The Balaban J connectivity index is 1.82. The van der Waals surface area contributed by atoms with Crippen LogP contribution in [0, 0.1) is 11.8 Å². The van der Waals surface area contributed by atoms with Crippen LogP contribution in [-0.2, 0) is 19.0 Å². The first-order valence-corrected chi connectivity index (χ1v) is 10.8. The van der Waals surface area contributed by atoms with Crippen LogP contribution in [0.5, 0.6) is 0 Å². The fraction of sp³-hybridized carbons (Fsp3) is 0.625. The summed E-state index contributed by atoms with van der Waals surface area (Å²) in [5.74, 6) is 1.41. The van der Waals surface area contributed by atoms with Gasteiger partial charge in [0.15, 0.2) is 0 Å². The Labute approximate surface area is 175 Å². The molecule has 0 saturated carbocycles. The van der Waals surface area contributed by atoms with Crippen molar-refractivity contribution in [2.75, 3.05) is 20.3 Å². The highest BCUT2D eigenvalue weighted by atomic mass is 16.5. The SMILES string of the molecule is C=C/C(=C\C(CCOC1CCC=C(C2CC=C(OCC)CC2)C1)CC(=O)O)OC. The molecule has 29 heavy (non-hydrogen) atoms. The fourth-order valence-electron chi connectivity index (χ4n) is 4.15. The lowest BCUT2D eigenvalue weighted by atomic mass is 9.81. The maximum Gasteiger partial charge on any atom is 0.303 e. The summed E-state index contributed by atoms with van der Waals surface area (Å²) in [6.07, 6.45) is 15.3. The van der Waals surface area contributed by atoms with Gasteiger partial charge in [-0.05, 0) is 75.5 Å². The molecule has 0 aromatic carbocycles. The second kappa shape index (κ2) is 12.5. The molecular formula is C24H36O5. The highest BCUT2D eigenvalue weighted by Crippen LogP contribution is 2.35. The molecule has 3 unspecified atom stereocenters. The topological polar surface area (TPSA) is 65.0 Å². The van der Waals surface area contributed by atoms with Crippen LogP contribution >= 0.6 is 0 Å². The third-order valence-corrected chi connectivity index (χ3v) is 5.70. The van der Waals surface area contributed by atoms with Crippen molar-refractivity contribution in [1.82, 2.24) is 0 Å². The molecule has 0 aromatic rings. The van der Waals surface area contributed by atoms with Crippen LogP contribution in [0.4, 0.5) is 0 Å². The van der Waals surface area contributed by atoms with E-state index in [1.54, 1.807) is 13.2 Å². The minimum absolute atomic E-state index is 0.0659. The summed E-state index contributed by atoms with van der Waals surface area (Å²) < 4.78 is 17.0. The van der Waals surface area contributed by atoms with Gasteiger partial charge >= 0.3 is 5.97 Å². The number of ether oxygens (including phenoxy) is 3. The van der Waals surface area contributed by atoms with Crippen molar-refractivity contribution in [2.24, 2.45) is 11.8 Å². The zero-order valence-electron chi connectivity index (χ0n) is 17.9. The van der Waals surface area contributed by atoms with Gasteiger partial charge in [-0.3, -0.25) is 4.79 Å². The van der Waals surface area contributed by atoms with Crippen molar-refractivity contribution in [3.8, 4) is 0 Å². The molecule has 0 heterocycles. The van der Waals surface area contributed by atoms with E-state index in [2.05, 4.69) is 18.7 Å². The van der Waals surface area contributed by atoms with Crippen LogP contribution in [0.3, 0.4) is 0 Å². The first-order chi connectivity index (χ1) is 14.0. The summed E-state index contributed by atoms with van der Waals surface area (Å²) in [7, 11) is 1.56. The van der Waals surface area contributed by atoms with Crippen LogP contribution in [0.25, 0.3) is 0 Å². The van der Waals surface area contributed by atoms with Gasteiger partial charge < -0.3 is 19.3 Å². The van der Waals surface area contributed by atoms with E-state index in [-0.39, 0.29) is 18.4 Å². The molecular weight excluding hydrogens is 368 g/mol. The van der Waals surface area contributed by atoms with Gasteiger partial charge in [0.25, 0.3) is 0 Å². The number of methoxy groups -OCH3 is 1. The van der Waals surface area contributed by atoms with E-state index in [0.29, 0.717) is 24.7 Å². The van der Waals surface area contributed by atoms with Gasteiger partial charge in [-0.2, -0.15) is 0 Å². The van der Waals surface area contributed by atoms with E-state index < -0.39 is 5.97 Å². The molecule has 0 aromatic heterocycles. The summed E-state index contributed by atoms with van der Waals surface area (Å²) in [5.41, 5.74) is 1.52. The van der Waals surface area contributed by atoms with Gasteiger partial charge in [0.2, 0.25) is 0 Å². The number of rotatable bonds is 12. The molecule has 2 aliphatic carbocycles. The molecule has 5 heteroatoms. The molecule has 0 aliphatic heterocycles. The fourth-order valence-corrected chi connectivity index (χ4v) is 4.15. The number of carbonyl (C=O) groups is 1. The summed E-state index contributed by atoms with van der Waals surface area (Å²) in [4.78, 5) is 11.2. The maximum absolute atomic E-state index is 11.2. The Bertz CT molecular complexity index is 631. The van der Waals surface area contributed by atoms with Crippen molar-refractivity contribution < 1.29 is 24.1 Å². The van der Waals surface area contributed by atoms with Gasteiger partial charge in [-0.1, -0.05) is 18.2 Å². The molecule has 1 N–H and O–H groups in total. The molecule has 0 saturated heterocycles. The first-order valence-electron chi connectivity index (χ1n) is 10.8. The van der Waals surface area contributed by atoms with Crippen molar-refractivity contribution in [3.63, 3.8) is 0 Å². The van der Waals surface area contributed by atoms with Crippen LogP contribution in [-0.4, -0.2) is 37.5 Å². The predicted octanol–water partition coefficient (Wildman–Crippen LogP) is 5.40. The van der Waals surface area contributed by atoms with Crippen LogP contribution in [0.2, 0.25) is 0 Å². The Kier molecular flexibility index (Phi) is 10.1. The molecule has 0 radical (unpaired) electrons. The second-order valence-corrected chi connectivity index (χ2v) is 7.75. The minimum atomic E-state index is -0.814. The van der Waals surface area contributed by atoms with Crippen molar-refractivity contribution in [1.29, 1.82) is 0 Å². The van der Waals surface area contributed by atoms with E-state index in [1.807, 2.05) is 13.0 Å². The van der Waals surface area contributed by atoms with E-state index in [4.69, 9.17) is 19.3 Å². The molecule has 5 nitrogen and oxygen atoms in total. The Hall–Kier alpha value is -2.01. The Morgan fingerprint density at radius 3 is 2.83 bits per heavy atom. The average Bonchev–Trinajstić information content (AvgIpc) is 2.72. The summed E-state index contributed by atoms with van der Waals surface area (Å²) in [5, 5.41) is 9.16. The van der Waals surface area contributed by atoms with Gasteiger partial charge in [0.1, 0.15) is 5.76 Å². The van der Waals surface area contributed by atoms with Crippen molar-refractivity contribution in [3.05, 3.63) is 48.0 Å². The lowest BCUT2D eigenvalue weighted by Gasteiger charge is -2.30. The van der Waals surface area contributed by atoms with Crippen molar-refractivity contribution >= 4 is 5.97 Å². The lowest BCUT2D eigenvalue weighted by molar-refractivity contribution is -0.137. The summed E-state index contributed by atoms with van der Waals surface area (Å²) >= 11 is 0. The molecule has 0 bridgehead atoms. The zero-order chi connectivity index (χ0) is 21.1. The number of hydrogen-bond acceptors (Lipinski definition) is 4. The predicted molar refractivity (Wildman–Crippen MR) is 114 cm³/mol. The highest BCUT2D eigenvalue weighted by molar-refractivity contribution is 5.67. The highest BCUT2D eigenvalue weighted by Gasteiger charge is 2.24. The number of aliphatic carboxylic acids is 1. The largest absolute Gasteiger partial charge is 0.499 e. The molecule has 0 spiro atoms. The van der Waals surface area contributed by atoms with E-state index >= 15 is 0 Å². The second-order valence-electron chi connectivity index (χ2n) is 7.75. The monoisotopic (exact) mass is 404 g/mol. The number of hydrogen-bond donors (Lipinski definition) is 1. The van der Waals surface area contributed by atoms with E-state index in [9.17, 15) is 4.79 Å². The molecule has 0 fully saturated rings. The first kappa shape index (κ1) is 23.3. The van der Waals surface area contributed by atoms with Gasteiger partial charge in [-0.25, -0.2) is 0 Å². The number of carboxylic acids is 1. The third-order valence-electron chi connectivity index (χ3n) is 5.70. The third kappa shape index (κ3) is 8.09. The zero-order valence-corrected chi connectivity index (χ0v) is 17.9. The molecule has 2 rings (SSSR count). The summed E-state index contributed by atoms with van der Waals surface area (Å²) in [6.45, 7) is 7.02. The Morgan fingerprint density at radius 1 is 1.38 bits per heavy atom. The molecule has 0 amide bonds. The molecule has 162 valence electrons. The normalized spacial score (nSPS) is 23.6. The van der Waals surface area contributed by atoms with E-state index in [1.165, 1.54) is 5.57 Å². The smallest absolute Gasteiger partial charge is 0.303 e. The summed E-state index contributed by atoms with van der Waals surface area (Å²) in [6, 6.07) is 0. The average molecular weight is 405 g/mol. The van der Waals surface area contributed by atoms with Crippen molar-refractivity contribution in [2.45, 2.75) is 64.4 Å². The number of carboxylic acid groups (broad SMARTS) is 1. The van der Waals surface area contributed by atoms with E-state index in [0.717, 1.165) is 50.9 Å². The van der Waals surface area contributed by atoms with Crippen LogP contribution < -0.4 is 0 Å². The van der Waals surface area contributed by atoms with Gasteiger partial charge in [-0.15, -0.1) is 0 Å². The molecule has 3 atom stereocenters. The van der Waals surface area contributed by atoms with Crippen LogP contribution in [0.15, 0.2) is 48.0 Å². The molecule has 2 aliphatic rings. The standard InChI is InChI=1S/C24H36O5/c1-4-21(27-3)15-18(16-24(25)26)13-14-29-23-8-6-7-20(17-23)19-9-11-22(12-10-19)28-5-2/h4,7,11,15,18-19,23H,1,5-6,8-10,12-14,16-17H2,2-3H3,(H,25,26)/b21-15+. The number of allylic oxidation sites excluding steroid dienone is 5. The van der Waals surface area contributed by atoms with Gasteiger partial charge in [0.05, 0.1) is 32.0 Å².